The van der Waals surface area contributed by atoms with Crippen LogP contribution in [0.3, 0.4) is 0 Å². The van der Waals surface area contributed by atoms with E-state index in [9.17, 15) is 27.2 Å². The lowest BCUT2D eigenvalue weighted by Crippen LogP contribution is -2.46. The van der Waals surface area contributed by atoms with E-state index in [1.165, 1.54) is 18.2 Å². The van der Waals surface area contributed by atoms with E-state index < -0.39 is 23.9 Å². The summed E-state index contributed by atoms with van der Waals surface area (Å²) in [6, 6.07) is 3.22. The molecule has 0 saturated carbocycles. The Morgan fingerprint density at radius 1 is 1.11 bits per heavy atom. The number of halogens is 4. The predicted octanol–water partition coefficient (Wildman–Crippen LogP) is 6.91. The fourth-order valence-corrected chi connectivity index (χ4v) is 5.06. The number of benzene rings is 1. The molecular weight excluding hydrogens is 504 g/mol. The summed E-state index contributed by atoms with van der Waals surface area (Å²) in [6.07, 6.45) is 1.68. The van der Waals surface area contributed by atoms with Gasteiger partial charge in [0.15, 0.2) is 0 Å². The first-order valence-electron chi connectivity index (χ1n) is 11.7. The van der Waals surface area contributed by atoms with Gasteiger partial charge in [0, 0.05) is 27.1 Å². The quantitative estimate of drug-likeness (QED) is 0.288. The van der Waals surface area contributed by atoms with E-state index in [0.717, 1.165) is 45.2 Å². The Kier molecular flexibility index (Phi) is 7.03. The van der Waals surface area contributed by atoms with Crippen molar-refractivity contribution in [2.75, 3.05) is 0 Å². The van der Waals surface area contributed by atoms with Crippen molar-refractivity contribution in [2.45, 2.75) is 46.8 Å². The standard InChI is InChI=1S/C28H26F4N2O2S/c1-14-6-7-19(26(35)27(36)33-18(5)28(30,31)32)8-9-21(14)25-17(4)22-12-23(29)15(2)10-24(22)34(25)20-11-16(3)37-13-20/h6-14,18H,1-5H3,(H,33,36). The van der Waals surface area contributed by atoms with Crippen molar-refractivity contribution in [1.82, 2.24) is 9.88 Å². The second-order valence-electron chi connectivity index (χ2n) is 9.30. The van der Waals surface area contributed by atoms with Crippen LogP contribution in [0.15, 0.2) is 53.5 Å². The molecule has 0 aliphatic heterocycles. The maximum Gasteiger partial charge on any atom is 0.408 e. The molecule has 1 N–H and O–H groups in total. The molecule has 2 heterocycles. The minimum atomic E-state index is -4.66. The van der Waals surface area contributed by atoms with E-state index in [4.69, 9.17) is 0 Å². The van der Waals surface area contributed by atoms with Crippen LogP contribution in [-0.4, -0.2) is 28.5 Å². The lowest BCUT2D eigenvalue weighted by atomic mass is 9.95. The molecule has 0 spiro atoms. The van der Waals surface area contributed by atoms with Gasteiger partial charge < -0.3 is 9.88 Å². The van der Waals surface area contributed by atoms with E-state index in [0.29, 0.717) is 5.56 Å². The number of alkyl halides is 3. The van der Waals surface area contributed by atoms with E-state index in [2.05, 4.69) is 4.57 Å². The molecule has 3 aromatic rings. The third-order valence-electron chi connectivity index (χ3n) is 6.55. The van der Waals surface area contributed by atoms with Crippen molar-refractivity contribution >= 4 is 39.5 Å². The number of aromatic nitrogens is 1. The SMILES string of the molecule is Cc1cc(-n2c(C3=CC=C(C(=O)C(=O)NC(C)C(F)(F)F)C=CC3C)c(C)c3cc(F)c(C)cc32)cs1. The van der Waals surface area contributed by atoms with Crippen molar-refractivity contribution < 1.29 is 27.2 Å². The molecule has 194 valence electrons. The molecule has 4 nitrogen and oxygen atoms in total. The first-order valence-corrected chi connectivity index (χ1v) is 12.6. The number of hydrogen-bond acceptors (Lipinski definition) is 3. The summed E-state index contributed by atoms with van der Waals surface area (Å²) in [6.45, 7) is 8.31. The third kappa shape index (κ3) is 5.05. The summed E-state index contributed by atoms with van der Waals surface area (Å²) in [7, 11) is 0. The van der Waals surface area contributed by atoms with Crippen LogP contribution >= 0.6 is 11.3 Å². The van der Waals surface area contributed by atoms with Gasteiger partial charge in [-0.3, -0.25) is 9.59 Å². The number of hydrogen-bond donors (Lipinski definition) is 1. The average molecular weight is 531 g/mol. The Hall–Kier alpha value is -3.46. The van der Waals surface area contributed by atoms with Crippen molar-refractivity contribution in [2.24, 2.45) is 5.92 Å². The van der Waals surface area contributed by atoms with E-state index >= 15 is 0 Å². The number of carbonyl (C=O) groups is 2. The zero-order chi connectivity index (χ0) is 27.2. The highest BCUT2D eigenvalue weighted by atomic mass is 32.1. The van der Waals surface area contributed by atoms with Crippen LogP contribution in [-0.2, 0) is 9.59 Å². The highest BCUT2D eigenvalue weighted by molar-refractivity contribution is 7.10. The Morgan fingerprint density at radius 2 is 1.81 bits per heavy atom. The van der Waals surface area contributed by atoms with E-state index in [1.807, 2.05) is 38.3 Å². The number of allylic oxidation sites excluding steroid dienone is 5. The van der Waals surface area contributed by atoms with Crippen LogP contribution in [0.4, 0.5) is 17.6 Å². The molecule has 1 amide bonds. The lowest BCUT2D eigenvalue weighted by Gasteiger charge is -2.17. The van der Waals surface area contributed by atoms with Crippen molar-refractivity contribution in [3.63, 3.8) is 0 Å². The van der Waals surface area contributed by atoms with E-state index in [1.54, 1.807) is 35.7 Å². The Labute approximate surface area is 216 Å². The molecular formula is C28H26F4N2O2S. The molecule has 2 unspecified atom stereocenters. The molecule has 37 heavy (non-hydrogen) atoms. The Bertz CT molecular complexity index is 1500. The van der Waals surface area contributed by atoms with Gasteiger partial charge >= 0.3 is 6.18 Å². The molecule has 4 rings (SSSR count). The molecule has 2 atom stereocenters. The second kappa shape index (κ2) is 9.78. The topological polar surface area (TPSA) is 51.1 Å². The fourth-order valence-electron chi connectivity index (χ4n) is 4.39. The van der Waals surface area contributed by atoms with Crippen molar-refractivity contribution in [3.8, 4) is 5.69 Å². The molecule has 0 saturated heterocycles. The summed E-state index contributed by atoms with van der Waals surface area (Å²) in [4.78, 5) is 26.0. The first-order chi connectivity index (χ1) is 17.3. The molecule has 2 aromatic heterocycles. The number of aryl methyl sites for hydroxylation is 3. The first kappa shape index (κ1) is 26.6. The highest BCUT2D eigenvalue weighted by Crippen LogP contribution is 2.39. The molecule has 1 aromatic carbocycles. The molecule has 0 radical (unpaired) electrons. The fraction of sp³-hybridized carbons (Fsp3) is 0.286. The molecule has 0 bridgehead atoms. The summed E-state index contributed by atoms with van der Waals surface area (Å²) in [5.41, 5.74) is 4.75. The van der Waals surface area contributed by atoms with Gasteiger partial charge in [-0.15, -0.1) is 11.3 Å². The Morgan fingerprint density at radius 3 is 2.43 bits per heavy atom. The van der Waals surface area contributed by atoms with Gasteiger partial charge in [0.25, 0.3) is 5.91 Å². The minimum absolute atomic E-state index is 0.0256. The van der Waals surface area contributed by atoms with Gasteiger partial charge in [-0.05, 0) is 62.6 Å². The number of carbonyl (C=O) groups excluding carboxylic acids is 2. The van der Waals surface area contributed by atoms with Gasteiger partial charge in [-0.1, -0.05) is 31.2 Å². The third-order valence-corrected chi connectivity index (χ3v) is 7.40. The van der Waals surface area contributed by atoms with Gasteiger partial charge in [0.1, 0.15) is 11.9 Å². The summed E-state index contributed by atoms with van der Waals surface area (Å²) in [5, 5.41) is 4.49. The average Bonchev–Trinajstić information content (AvgIpc) is 3.29. The largest absolute Gasteiger partial charge is 0.408 e. The van der Waals surface area contributed by atoms with Crippen molar-refractivity contribution in [1.29, 1.82) is 0 Å². The second-order valence-corrected chi connectivity index (χ2v) is 10.4. The van der Waals surface area contributed by atoms with Gasteiger partial charge in [-0.2, -0.15) is 13.2 Å². The van der Waals surface area contributed by atoms with Crippen LogP contribution in [0.2, 0.25) is 0 Å². The number of ketones is 1. The molecule has 0 fully saturated rings. The minimum Gasteiger partial charge on any atom is -0.338 e. The number of amides is 1. The predicted molar refractivity (Wildman–Crippen MR) is 138 cm³/mol. The zero-order valence-corrected chi connectivity index (χ0v) is 21.8. The molecule has 1 aliphatic rings. The molecule has 1 aliphatic carbocycles. The number of fused-ring (bicyclic) bond motifs is 1. The maximum atomic E-state index is 14.6. The summed E-state index contributed by atoms with van der Waals surface area (Å²) >= 11 is 1.59. The zero-order valence-electron chi connectivity index (χ0n) is 21.0. The summed E-state index contributed by atoms with van der Waals surface area (Å²) in [5.74, 6) is -2.91. The smallest absolute Gasteiger partial charge is 0.338 e. The number of thiophene rings is 1. The number of nitrogens with zero attached hydrogens (tertiary/aromatic N) is 1. The number of Topliss-reactive ketones (excluding diaryl/α,β-unsaturated/α-hetero) is 1. The lowest BCUT2D eigenvalue weighted by molar-refractivity contribution is -0.159. The van der Waals surface area contributed by atoms with Gasteiger partial charge in [-0.25, -0.2) is 4.39 Å². The summed E-state index contributed by atoms with van der Waals surface area (Å²) < 4.78 is 55.1. The van der Waals surface area contributed by atoms with Crippen LogP contribution < -0.4 is 5.32 Å². The van der Waals surface area contributed by atoms with Crippen LogP contribution in [0.25, 0.3) is 22.2 Å². The van der Waals surface area contributed by atoms with Gasteiger partial charge in [0.2, 0.25) is 5.78 Å². The number of nitrogens with one attached hydrogen (secondary N) is 1. The van der Waals surface area contributed by atoms with Crippen LogP contribution in [0.1, 0.15) is 35.5 Å². The normalized spacial score (nSPS) is 16.8. The number of rotatable bonds is 5. The monoisotopic (exact) mass is 530 g/mol. The Balaban J connectivity index is 1.83. The molecule has 9 heteroatoms. The van der Waals surface area contributed by atoms with Gasteiger partial charge in [0.05, 0.1) is 16.9 Å². The maximum absolute atomic E-state index is 14.6. The van der Waals surface area contributed by atoms with E-state index in [-0.39, 0.29) is 17.3 Å². The highest BCUT2D eigenvalue weighted by Gasteiger charge is 2.38. The van der Waals surface area contributed by atoms with Crippen LogP contribution in [0, 0.1) is 32.5 Å². The van der Waals surface area contributed by atoms with Crippen molar-refractivity contribution in [3.05, 3.63) is 81.0 Å². The van der Waals surface area contributed by atoms with Crippen LogP contribution in [0.5, 0.6) is 0 Å².